The van der Waals surface area contributed by atoms with E-state index < -0.39 is 0 Å². The molecule has 60 valence electrons. The molecule has 0 rings (SSSR count). The minimum atomic E-state index is -0.169. The molecule has 0 spiro atoms. The molecule has 0 saturated heterocycles. The first-order valence-corrected chi connectivity index (χ1v) is 6.47. The number of hydrogen-bond donors (Lipinski definition) is 0. The molecule has 0 radical (unpaired) electrons. The lowest BCUT2D eigenvalue weighted by molar-refractivity contribution is 0.135. The summed E-state index contributed by atoms with van der Waals surface area (Å²) in [6, 6.07) is 0. The molecule has 0 fully saturated rings. The van der Waals surface area contributed by atoms with Crippen LogP contribution < -0.4 is 0 Å². The molecule has 0 aliphatic heterocycles. The fraction of sp³-hybridized carbons (Fsp3) is 0.875. The minimum absolute atomic E-state index is 0.169. The molecule has 1 nitrogen and oxygen atoms in total. The molecular weight excluding hydrogens is 140 g/mol. The van der Waals surface area contributed by atoms with Crippen LogP contribution in [0.15, 0.2) is 0 Å². The second-order valence-electron chi connectivity index (χ2n) is 2.88. The van der Waals surface area contributed by atoms with Crippen LogP contribution in [0.2, 0.25) is 13.1 Å². The van der Waals surface area contributed by atoms with E-state index in [1.165, 1.54) is 0 Å². The maximum Gasteiger partial charge on any atom is 0.0522 e. The topological polar surface area (TPSA) is 9.23 Å². The van der Waals surface area contributed by atoms with Crippen LogP contribution in [0.1, 0.15) is 13.8 Å². The van der Waals surface area contributed by atoms with E-state index in [-0.39, 0.29) is 8.41 Å². The standard InChI is InChI=1S/C8H18OSi/c1-5-9-6-8(2)7-10(3)4/h7-8H,5-6H2,1-4H3. The summed E-state index contributed by atoms with van der Waals surface area (Å²) >= 11 is 0. The Labute approximate surface area is 65.6 Å². The van der Waals surface area contributed by atoms with Gasteiger partial charge in [-0.15, -0.1) is 0 Å². The Hall–Kier alpha value is 0.0469. The second-order valence-corrected chi connectivity index (χ2v) is 5.37. The summed E-state index contributed by atoms with van der Waals surface area (Å²) in [4.78, 5) is 0. The zero-order valence-corrected chi connectivity index (χ0v) is 8.48. The fourth-order valence-electron chi connectivity index (χ4n) is 0.921. The zero-order chi connectivity index (χ0) is 7.98. The molecule has 0 bridgehead atoms. The summed E-state index contributed by atoms with van der Waals surface area (Å²) in [7, 11) is -0.169. The quantitative estimate of drug-likeness (QED) is 0.567. The largest absolute Gasteiger partial charge is 0.381 e. The monoisotopic (exact) mass is 158 g/mol. The van der Waals surface area contributed by atoms with Crippen molar-refractivity contribution in [2.24, 2.45) is 5.92 Å². The Kier molecular flexibility index (Phi) is 5.83. The molecule has 0 heterocycles. The summed E-state index contributed by atoms with van der Waals surface area (Å²) in [6.45, 7) is 10.6. The molecule has 2 heteroatoms. The van der Waals surface area contributed by atoms with Gasteiger partial charge in [-0.1, -0.05) is 25.7 Å². The highest BCUT2D eigenvalue weighted by Crippen LogP contribution is 1.90. The van der Waals surface area contributed by atoms with E-state index in [1.54, 1.807) is 0 Å². The van der Waals surface area contributed by atoms with E-state index in [0.29, 0.717) is 5.92 Å². The first kappa shape index (κ1) is 10.0. The predicted molar refractivity (Wildman–Crippen MR) is 49.2 cm³/mol. The van der Waals surface area contributed by atoms with E-state index in [9.17, 15) is 0 Å². The smallest absolute Gasteiger partial charge is 0.0522 e. The Morgan fingerprint density at radius 2 is 2.10 bits per heavy atom. The van der Waals surface area contributed by atoms with Gasteiger partial charge in [-0.05, 0) is 21.3 Å². The lowest BCUT2D eigenvalue weighted by Gasteiger charge is -2.05. The van der Waals surface area contributed by atoms with Crippen molar-refractivity contribution in [3.63, 3.8) is 0 Å². The van der Waals surface area contributed by atoms with Gasteiger partial charge in [-0.3, -0.25) is 0 Å². The van der Waals surface area contributed by atoms with Crippen LogP contribution in [0, 0.1) is 5.92 Å². The number of ether oxygens (including phenoxy) is 1. The zero-order valence-electron chi connectivity index (χ0n) is 7.48. The van der Waals surface area contributed by atoms with Crippen LogP contribution in [-0.2, 0) is 4.74 Å². The van der Waals surface area contributed by atoms with Gasteiger partial charge in [0.1, 0.15) is 0 Å². The highest BCUT2D eigenvalue weighted by molar-refractivity contribution is 6.63. The first-order valence-electron chi connectivity index (χ1n) is 3.89. The molecule has 10 heavy (non-hydrogen) atoms. The summed E-state index contributed by atoms with van der Waals surface area (Å²) in [5.74, 6) is 0.642. The van der Waals surface area contributed by atoms with E-state index >= 15 is 0 Å². The summed E-state index contributed by atoms with van der Waals surface area (Å²) in [5, 5.41) is 0. The second kappa shape index (κ2) is 5.80. The van der Waals surface area contributed by atoms with Crippen molar-refractivity contribution < 1.29 is 4.74 Å². The Bertz CT molecular complexity index is 106. The van der Waals surface area contributed by atoms with Crippen molar-refractivity contribution in [3.8, 4) is 0 Å². The molecule has 0 amide bonds. The minimum Gasteiger partial charge on any atom is -0.381 e. The van der Waals surface area contributed by atoms with Gasteiger partial charge in [0.2, 0.25) is 0 Å². The Morgan fingerprint density at radius 3 is 2.50 bits per heavy atom. The van der Waals surface area contributed by atoms with Crippen molar-refractivity contribution in [3.05, 3.63) is 0 Å². The number of rotatable bonds is 4. The molecule has 0 aliphatic carbocycles. The van der Waals surface area contributed by atoms with Crippen LogP contribution in [0.5, 0.6) is 0 Å². The SMILES string of the molecule is CCOCC(C)C=[Si](C)C. The summed E-state index contributed by atoms with van der Waals surface area (Å²) in [5.41, 5.74) is 2.42. The third kappa shape index (κ3) is 6.17. The van der Waals surface area contributed by atoms with Crippen LogP contribution in [0.3, 0.4) is 0 Å². The maximum absolute atomic E-state index is 5.28. The van der Waals surface area contributed by atoms with Crippen LogP contribution in [0.25, 0.3) is 0 Å². The van der Waals surface area contributed by atoms with Crippen LogP contribution in [0.4, 0.5) is 0 Å². The highest BCUT2D eigenvalue weighted by Gasteiger charge is 1.95. The normalized spacial score (nSPS) is 12.8. The third-order valence-electron chi connectivity index (χ3n) is 1.20. The van der Waals surface area contributed by atoms with Gasteiger partial charge in [0.05, 0.1) is 6.61 Å². The van der Waals surface area contributed by atoms with Gasteiger partial charge in [-0.25, -0.2) is 0 Å². The Morgan fingerprint density at radius 1 is 1.50 bits per heavy atom. The molecular formula is C8H18OSi. The van der Waals surface area contributed by atoms with E-state index in [1.807, 2.05) is 6.92 Å². The molecule has 0 aromatic carbocycles. The predicted octanol–water partition coefficient (Wildman–Crippen LogP) is 1.80. The maximum atomic E-state index is 5.28. The molecule has 0 saturated carbocycles. The van der Waals surface area contributed by atoms with Crippen molar-refractivity contribution in [2.75, 3.05) is 13.2 Å². The average Bonchev–Trinajstić information content (AvgIpc) is 1.82. The molecule has 1 unspecified atom stereocenters. The Balaban J connectivity index is 3.43. The highest BCUT2D eigenvalue weighted by atomic mass is 28.2. The van der Waals surface area contributed by atoms with E-state index in [2.05, 4.69) is 25.7 Å². The third-order valence-corrected chi connectivity index (χ3v) is 2.44. The molecule has 1 atom stereocenters. The first-order chi connectivity index (χ1) is 4.66. The lowest BCUT2D eigenvalue weighted by Crippen LogP contribution is -2.10. The van der Waals surface area contributed by atoms with E-state index in [4.69, 9.17) is 4.74 Å². The number of hydrogen-bond acceptors (Lipinski definition) is 1. The van der Waals surface area contributed by atoms with Gasteiger partial charge in [0.15, 0.2) is 0 Å². The van der Waals surface area contributed by atoms with Crippen molar-refractivity contribution in [1.82, 2.24) is 0 Å². The van der Waals surface area contributed by atoms with Gasteiger partial charge in [0, 0.05) is 6.61 Å². The molecule has 0 N–H and O–H groups in total. The fourth-order valence-corrected chi connectivity index (χ4v) is 2.16. The van der Waals surface area contributed by atoms with Gasteiger partial charge < -0.3 is 4.74 Å². The van der Waals surface area contributed by atoms with Crippen molar-refractivity contribution in [2.45, 2.75) is 26.9 Å². The van der Waals surface area contributed by atoms with Gasteiger partial charge in [0.25, 0.3) is 0 Å². The van der Waals surface area contributed by atoms with Gasteiger partial charge >= 0.3 is 0 Å². The molecule has 0 aliphatic rings. The van der Waals surface area contributed by atoms with Crippen molar-refractivity contribution in [1.29, 1.82) is 0 Å². The molecule has 0 aromatic rings. The molecule has 0 aromatic heterocycles. The van der Waals surface area contributed by atoms with Gasteiger partial charge in [-0.2, -0.15) is 0 Å². The lowest BCUT2D eigenvalue weighted by atomic mass is 10.2. The van der Waals surface area contributed by atoms with Crippen LogP contribution >= 0.6 is 0 Å². The summed E-state index contributed by atoms with van der Waals surface area (Å²) < 4.78 is 5.28. The van der Waals surface area contributed by atoms with E-state index in [0.717, 1.165) is 13.2 Å². The average molecular weight is 158 g/mol. The van der Waals surface area contributed by atoms with Crippen molar-refractivity contribution >= 4 is 14.1 Å². The summed E-state index contributed by atoms with van der Waals surface area (Å²) in [6.07, 6.45) is 0. The van der Waals surface area contributed by atoms with Crippen LogP contribution in [-0.4, -0.2) is 27.3 Å².